The van der Waals surface area contributed by atoms with Crippen LogP contribution >= 0.6 is 0 Å². The van der Waals surface area contributed by atoms with Crippen LogP contribution in [0.2, 0.25) is 0 Å². The zero-order chi connectivity index (χ0) is 31.6. The number of rotatable bonds is 30. The summed E-state index contributed by atoms with van der Waals surface area (Å²) >= 11 is 0. The highest BCUT2D eigenvalue weighted by atomic mass is 16.4. The summed E-state index contributed by atoms with van der Waals surface area (Å²) in [4.78, 5) is 36.8. The summed E-state index contributed by atoms with van der Waals surface area (Å²) in [6.07, 6.45) is 28.5. The molecular weight excluding hydrogens is 530 g/mol. The van der Waals surface area contributed by atoms with Crippen molar-refractivity contribution in [3.8, 4) is 0 Å². The first-order valence-electron chi connectivity index (χ1n) is 17.4. The number of carboxylic acids is 3. The molecule has 0 aliphatic carbocycles. The maximum Gasteiger partial charge on any atom is 0.362 e. The molecule has 42 heavy (non-hydrogen) atoms. The van der Waals surface area contributed by atoms with Crippen LogP contribution in [0.5, 0.6) is 0 Å². The number of quaternary nitrogens is 1. The van der Waals surface area contributed by atoms with Crippen LogP contribution < -0.4 is 0 Å². The Bertz CT molecular complexity index is 682. The van der Waals surface area contributed by atoms with Crippen LogP contribution in [0.15, 0.2) is 12.2 Å². The number of hydrogen-bond acceptors (Lipinski definition) is 3. The number of allylic oxidation sites excluding steroid dienone is 2. The largest absolute Gasteiger partial charge is 0.477 e. The van der Waals surface area contributed by atoms with Gasteiger partial charge >= 0.3 is 17.9 Å². The predicted octanol–water partition coefficient (Wildman–Crippen LogP) is 9.38. The first kappa shape index (κ1) is 40.1. The highest BCUT2D eigenvalue weighted by Gasteiger charge is 2.55. The van der Waals surface area contributed by atoms with Gasteiger partial charge in [-0.1, -0.05) is 123 Å². The van der Waals surface area contributed by atoms with Gasteiger partial charge in [-0.25, -0.2) is 14.4 Å². The third-order valence-corrected chi connectivity index (χ3v) is 9.06. The molecule has 0 rings (SSSR count). The van der Waals surface area contributed by atoms with Gasteiger partial charge in [0, 0.05) is 19.3 Å². The van der Waals surface area contributed by atoms with Gasteiger partial charge in [0.2, 0.25) is 0 Å². The van der Waals surface area contributed by atoms with E-state index in [1.54, 1.807) is 20.8 Å². The van der Waals surface area contributed by atoms with E-state index in [1.165, 1.54) is 83.5 Å². The molecule has 0 aromatic rings. The summed E-state index contributed by atoms with van der Waals surface area (Å²) in [6.45, 7) is 7.64. The average molecular weight is 597 g/mol. The van der Waals surface area contributed by atoms with Gasteiger partial charge in [-0.05, 0) is 38.5 Å². The Hall–Kier alpha value is -1.89. The third kappa shape index (κ3) is 15.5. The normalized spacial score (nSPS) is 15.3. The molecule has 0 aliphatic rings. The van der Waals surface area contributed by atoms with Crippen molar-refractivity contribution in [2.24, 2.45) is 0 Å². The molecule has 0 aromatic heterocycles. The van der Waals surface area contributed by atoms with Gasteiger partial charge in [-0.3, -0.25) is 4.48 Å². The number of carboxylic acid groups (broad SMARTS) is 3. The van der Waals surface area contributed by atoms with Crippen molar-refractivity contribution in [2.75, 3.05) is 6.54 Å². The number of carbonyl (C=O) groups is 3. The van der Waals surface area contributed by atoms with E-state index < -0.39 is 40.5 Å². The van der Waals surface area contributed by atoms with Crippen molar-refractivity contribution in [2.45, 2.75) is 187 Å². The van der Waals surface area contributed by atoms with Gasteiger partial charge in [-0.15, -0.1) is 0 Å². The van der Waals surface area contributed by atoms with Gasteiger partial charge in [0.25, 0.3) is 0 Å². The highest BCUT2D eigenvalue weighted by molar-refractivity contribution is 5.78. The molecule has 246 valence electrons. The molecule has 0 amide bonds. The molecule has 0 spiro atoms. The highest BCUT2D eigenvalue weighted by Crippen LogP contribution is 2.32. The van der Waals surface area contributed by atoms with E-state index in [-0.39, 0.29) is 25.8 Å². The van der Waals surface area contributed by atoms with Crippen molar-refractivity contribution >= 4 is 17.9 Å². The lowest BCUT2D eigenvalue weighted by Gasteiger charge is -2.49. The van der Waals surface area contributed by atoms with Crippen LogP contribution in [0.3, 0.4) is 0 Å². The minimum Gasteiger partial charge on any atom is -0.477 e. The van der Waals surface area contributed by atoms with Gasteiger partial charge in [0.1, 0.15) is 0 Å². The summed E-state index contributed by atoms with van der Waals surface area (Å²) in [7, 11) is 0. The number of hydrogen-bond donors (Lipinski definition) is 3. The molecule has 3 N–H and O–H groups in total. The zero-order valence-corrected chi connectivity index (χ0v) is 27.7. The van der Waals surface area contributed by atoms with Gasteiger partial charge in [-0.2, -0.15) is 0 Å². The van der Waals surface area contributed by atoms with Gasteiger partial charge in [0.05, 0.1) is 6.54 Å². The fourth-order valence-corrected chi connectivity index (χ4v) is 6.80. The molecule has 3 unspecified atom stereocenters. The maximum atomic E-state index is 12.3. The van der Waals surface area contributed by atoms with E-state index in [2.05, 4.69) is 19.1 Å². The minimum atomic E-state index is -1.12. The fourth-order valence-electron chi connectivity index (χ4n) is 6.80. The SMILES string of the molecule is CCCCCCCCCCCCCCC/C=C/CCCCCC[N+](C(CC)C(=O)O)(C(CC)C(=O)O)C(CC)C(=O)O. The topological polar surface area (TPSA) is 112 Å². The van der Waals surface area contributed by atoms with Crippen molar-refractivity contribution < 1.29 is 34.2 Å². The van der Waals surface area contributed by atoms with Crippen LogP contribution in [-0.4, -0.2) is 62.4 Å². The Morgan fingerprint density at radius 2 is 0.762 bits per heavy atom. The van der Waals surface area contributed by atoms with Gasteiger partial charge in [0.15, 0.2) is 18.1 Å². The lowest BCUT2D eigenvalue weighted by atomic mass is 9.94. The first-order valence-corrected chi connectivity index (χ1v) is 17.4. The monoisotopic (exact) mass is 596 g/mol. The zero-order valence-electron chi connectivity index (χ0n) is 27.7. The lowest BCUT2D eigenvalue weighted by molar-refractivity contribution is -0.973. The average Bonchev–Trinajstić information content (AvgIpc) is 2.94. The predicted molar refractivity (Wildman–Crippen MR) is 173 cm³/mol. The van der Waals surface area contributed by atoms with Crippen molar-refractivity contribution in [3.63, 3.8) is 0 Å². The van der Waals surface area contributed by atoms with Crippen molar-refractivity contribution in [3.05, 3.63) is 12.2 Å². The molecule has 3 atom stereocenters. The minimum absolute atomic E-state index is 0.187. The summed E-state index contributed by atoms with van der Waals surface area (Å²) in [6, 6.07) is -3.21. The molecule has 0 heterocycles. The van der Waals surface area contributed by atoms with Crippen molar-refractivity contribution in [1.29, 1.82) is 0 Å². The second-order valence-electron chi connectivity index (χ2n) is 12.2. The summed E-state index contributed by atoms with van der Waals surface area (Å²) in [5.74, 6) is -3.36. The van der Waals surface area contributed by atoms with E-state index in [0.29, 0.717) is 6.42 Å². The Morgan fingerprint density at radius 1 is 0.476 bits per heavy atom. The molecule has 0 fully saturated rings. The Labute approximate surface area is 257 Å². The van der Waals surface area contributed by atoms with Gasteiger partial charge < -0.3 is 15.3 Å². The fraction of sp³-hybridized carbons (Fsp3) is 0.857. The number of nitrogens with zero attached hydrogens (tertiary/aromatic N) is 1. The number of unbranched alkanes of at least 4 members (excludes halogenated alkanes) is 17. The van der Waals surface area contributed by atoms with Crippen LogP contribution in [0, 0.1) is 0 Å². The Kier molecular flexibility index (Phi) is 24.4. The van der Waals surface area contributed by atoms with E-state index in [0.717, 1.165) is 32.1 Å². The molecule has 7 heteroatoms. The maximum absolute atomic E-state index is 12.3. The smallest absolute Gasteiger partial charge is 0.362 e. The Balaban J connectivity index is 4.41. The van der Waals surface area contributed by atoms with Crippen LogP contribution in [0.1, 0.15) is 169 Å². The second-order valence-corrected chi connectivity index (χ2v) is 12.2. The van der Waals surface area contributed by atoms with E-state index in [9.17, 15) is 29.7 Å². The van der Waals surface area contributed by atoms with E-state index in [4.69, 9.17) is 0 Å². The Morgan fingerprint density at radius 3 is 1.05 bits per heavy atom. The summed E-state index contributed by atoms with van der Waals surface area (Å²) in [5, 5.41) is 30.1. The van der Waals surface area contributed by atoms with E-state index >= 15 is 0 Å². The molecular formula is C35H66NO6+. The third-order valence-electron chi connectivity index (χ3n) is 9.06. The van der Waals surface area contributed by atoms with Crippen LogP contribution in [0.25, 0.3) is 0 Å². The second kappa shape index (κ2) is 25.6. The van der Waals surface area contributed by atoms with Crippen molar-refractivity contribution in [1.82, 2.24) is 0 Å². The summed E-state index contributed by atoms with van der Waals surface area (Å²) < 4.78 is -0.414. The molecule has 0 bridgehead atoms. The van der Waals surface area contributed by atoms with Crippen LogP contribution in [0.4, 0.5) is 0 Å². The molecule has 0 aromatic carbocycles. The molecule has 0 radical (unpaired) electrons. The lowest BCUT2D eigenvalue weighted by Crippen LogP contribution is -2.72. The molecule has 7 nitrogen and oxygen atoms in total. The molecule has 0 aliphatic heterocycles. The quantitative estimate of drug-likeness (QED) is 0.0433. The standard InChI is InChI=1S/C35H65NO6/c1-5-9-10-11-12-13-14-15-16-17-18-19-20-21-22-23-24-25-26-27-28-29-36(30(6-2)33(37)38,31(7-3)34(39)40)32(8-4)35(41)42/h22-23,30-32H,5-21,24-29H2,1-4H3,(H2-,37,38,39,40,41,42)/p+1/b23-22+. The number of aliphatic carboxylic acids is 3. The first-order chi connectivity index (χ1) is 20.2. The van der Waals surface area contributed by atoms with Crippen LogP contribution in [-0.2, 0) is 14.4 Å². The van der Waals surface area contributed by atoms with E-state index in [1.807, 2.05) is 0 Å². The molecule has 0 saturated heterocycles. The molecule has 0 saturated carbocycles. The summed E-state index contributed by atoms with van der Waals surface area (Å²) in [5.41, 5.74) is 0.